The first-order valence-corrected chi connectivity index (χ1v) is 11.3. The van der Waals surface area contributed by atoms with Gasteiger partial charge >= 0.3 is 0 Å². The molecule has 1 aliphatic heterocycles. The summed E-state index contributed by atoms with van der Waals surface area (Å²) in [6, 6.07) is 9.33. The van der Waals surface area contributed by atoms with Gasteiger partial charge in [-0.3, -0.25) is 9.59 Å². The highest BCUT2D eigenvalue weighted by atomic mass is 35.5. The van der Waals surface area contributed by atoms with Gasteiger partial charge in [-0.2, -0.15) is 0 Å². The molecule has 1 fully saturated rings. The van der Waals surface area contributed by atoms with Gasteiger partial charge in [-0.25, -0.2) is 4.98 Å². The van der Waals surface area contributed by atoms with Gasteiger partial charge < -0.3 is 30.2 Å². The maximum atomic E-state index is 12.8. The zero-order valence-corrected chi connectivity index (χ0v) is 19.4. The molecule has 0 aliphatic carbocycles. The second kappa shape index (κ2) is 10.1. The summed E-state index contributed by atoms with van der Waals surface area (Å²) in [5.41, 5.74) is 2.06. The molecular formula is C23H27ClN6O3. The molecule has 1 saturated heterocycles. The fourth-order valence-electron chi connectivity index (χ4n) is 3.82. The Balaban J connectivity index is 1.65. The number of benzene rings is 1. The Morgan fingerprint density at radius 1 is 1.24 bits per heavy atom. The van der Waals surface area contributed by atoms with E-state index in [0.717, 1.165) is 54.3 Å². The number of fused-ring (bicyclic) bond motifs is 1. The number of aromatic nitrogens is 2. The van der Waals surface area contributed by atoms with Gasteiger partial charge in [0.1, 0.15) is 5.82 Å². The minimum absolute atomic E-state index is 0.132. The molecule has 4 rings (SSSR count). The SMILES string of the molecule is CCn1c(=O)c(OCC(=O)NC)cc2cc(Nc3cc(N4CCNCC4)ncc3Cl)ccc21. The van der Waals surface area contributed by atoms with Crippen LogP contribution in [0, 0.1) is 0 Å². The van der Waals surface area contributed by atoms with Gasteiger partial charge in [0, 0.05) is 56.9 Å². The molecule has 1 aliphatic rings. The first kappa shape index (κ1) is 22.9. The molecular weight excluding hydrogens is 444 g/mol. The monoisotopic (exact) mass is 470 g/mol. The number of nitrogens with one attached hydrogen (secondary N) is 3. The molecule has 10 heteroatoms. The molecule has 33 heavy (non-hydrogen) atoms. The van der Waals surface area contributed by atoms with E-state index in [4.69, 9.17) is 16.3 Å². The van der Waals surface area contributed by atoms with Gasteiger partial charge in [-0.15, -0.1) is 0 Å². The standard InChI is InChI=1S/C23H27ClN6O3/c1-3-30-19-5-4-16(10-15(19)11-20(23(30)32)33-14-22(31)25-2)28-18-12-21(27-13-17(18)24)29-8-6-26-7-9-29/h4-5,10-13,26H,3,6-9,14H2,1-2H3,(H,25,31)(H,27,28). The van der Waals surface area contributed by atoms with Crippen LogP contribution in [0.2, 0.25) is 5.02 Å². The summed E-state index contributed by atoms with van der Waals surface area (Å²) in [6.07, 6.45) is 1.65. The molecule has 174 valence electrons. The molecule has 2 aromatic heterocycles. The number of hydrogen-bond acceptors (Lipinski definition) is 7. The number of carbonyl (C=O) groups excluding carboxylic acids is 1. The van der Waals surface area contributed by atoms with Crippen LogP contribution in [-0.2, 0) is 11.3 Å². The van der Waals surface area contributed by atoms with Crippen molar-refractivity contribution in [3.05, 3.63) is 51.9 Å². The minimum atomic E-state index is -0.305. The summed E-state index contributed by atoms with van der Waals surface area (Å²) in [4.78, 5) is 31.0. The first-order valence-electron chi connectivity index (χ1n) is 10.9. The number of ether oxygens (including phenoxy) is 1. The average molecular weight is 471 g/mol. The second-order valence-electron chi connectivity index (χ2n) is 7.68. The minimum Gasteiger partial charge on any atom is -0.478 e. The van der Waals surface area contributed by atoms with Crippen LogP contribution in [0.25, 0.3) is 10.9 Å². The number of pyridine rings is 2. The number of amides is 1. The Labute approximate surface area is 196 Å². The van der Waals surface area contributed by atoms with Crippen molar-refractivity contribution in [1.82, 2.24) is 20.2 Å². The average Bonchev–Trinajstić information content (AvgIpc) is 2.84. The van der Waals surface area contributed by atoms with Gasteiger partial charge in [0.2, 0.25) is 0 Å². The molecule has 0 bridgehead atoms. The fourth-order valence-corrected chi connectivity index (χ4v) is 3.97. The van der Waals surface area contributed by atoms with E-state index in [0.29, 0.717) is 11.6 Å². The van der Waals surface area contributed by atoms with E-state index in [2.05, 4.69) is 25.8 Å². The van der Waals surface area contributed by atoms with Gasteiger partial charge in [0.15, 0.2) is 12.4 Å². The van der Waals surface area contributed by atoms with Crippen LogP contribution < -0.4 is 31.1 Å². The van der Waals surface area contributed by atoms with Gasteiger partial charge in [-0.1, -0.05) is 11.6 Å². The van der Waals surface area contributed by atoms with E-state index in [1.807, 2.05) is 31.2 Å². The maximum absolute atomic E-state index is 12.8. The maximum Gasteiger partial charge on any atom is 0.293 e. The molecule has 9 nitrogen and oxygen atoms in total. The van der Waals surface area contributed by atoms with Crippen molar-refractivity contribution >= 4 is 45.6 Å². The lowest BCUT2D eigenvalue weighted by molar-refractivity contribution is -0.122. The highest BCUT2D eigenvalue weighted by Crippen LogP contribution is 2.30. The van der Waals surface area contributed by atoms with Crippen molar-refractivity contribution in [2.45, 2.75) is 13.5 Å². The molecule has 3 N–H and O–H groups in total. The van der Waals surface area contributed by atoms with Crippen molar-refractivity contribution in [2.75, 3.05) is 50.1 Å². The Kier molecular flexibility index (Phi) is 7.00. The van der Waals surface area contributed by atoms with Crippen LogP contribution in [0.5, 0.6) is 5.75 Å². The van der Waals surface area contributed by atoms with E-state index in [1.165, 1.54) is 7.05 Å². The molecule has 0 saturated carbocycles. The van der Waals surface area contributed by atoms with Crippen molar-refractivity contribution < 1.29 is 9.53 Å². The van der Waals surface area contributed by atoms with Crippen LogP contribution in [0.15, 0.2) is 41.3 Å². The lowest BCUT2D eigenvalue weighted by Gasteiger charge is -2.28. The highest BCUT2D eigenvalue weighted by molar-refractivity contribution is 6.33. The van der Waals surface area contributed by atoms with Crippen LogP contribution in [0.4, 0.5) is 17.2 Å². The summed E-state index contributed by atoms with van der Waals surface area (Å²) in [5.74, 6) is 0.697. The molecule has 3 heterocycles. The summed E-state index contributed by atoms with van der Waals surface area (Å²) in [7, 11) is 1.52. The topological polar surface area (TPSA) is 101 Å². The van der Waals surface area contributed by atoms with E-state index in [9.17, 15) is 9.59 Å². The van der Waals surface area contributed by atoms with E-state index in [-0.39, 0.29) is 23.8 Å². The van der Waals surface area contributed by atoms with Gasteiger partial charge in [0.05, 0.1) is 22.4 Å². The highest BCUT2D eigenvalue weighted by Gasteiger charge is 2.15. The van der Waals surface area contributed by atoms with E-state index < -0.39 is 0 Å². The van der Waals surface area contributed by atoms with E-state index in [1.54, 1.807) is 16.8 Å². The zero-order chi connectivity index (χ0) is 23.4. The zero-order valence-electron chi connectivity index (χ0n) is 18.7. The van der Waals surface area contributed by atoms with Crippen molar-refractivity contribution in [3.8, 4) is 5.75 Å². The number of carbonyl (C=O) groups is 1. The summed E-state index contributed by atoms with van der Waals surface area (Å²) < 4.78 is 7.12. The molecule has 0 atom stereocenters. The third kappa shape index (κ3) is 5.04. The molecule has 0 spiro atoms. The number of aryl methyl sites for hydroxylation is 1. The van der Waals surface area contributed by atoms with E-state index >= 15 is 0 Å². The summed E-state index contributed by atoms with van der Waals surface area (Å²) in [5, 5.41) is 10.5. The van der Waals surface area contributed by atoms with Crippen molar-refractivity contribution in [2.24, 2.45) is 0 Å². The largest absolute Gasteiger partial charge is 0.478 e. The molecule has 0 unspecified atom stereocenters. The smallest absolute Gasteiger partial charge is 0.293 e. The Bertz CT molecular complexity index is 1220. The number of piperazine rings is 1. The lowest BCUT2D eigenvalue weighted by Crippen LogP contribution is -2.43. The second-order valence-corrected chi connectivity index (χ2v) is 8.09. The molecule has 1 amide bonds. The van der Waals surface area contributed by atoms with Crippen molar-refractivity contribution in [3.63, 3.8) is 0 Å². The Morgan fingerprint density at radius 3 is 2.76 bits per heavy atom. The molecule has 0 radical (unpaired) electrons. The normalized spacial score (nSPS) is 13.7. The van der Waals surface area contributed by atoms with Gasteiger partial charge in [0.25, 0.3) is 11.5 Å². The lowest BCUT2D eigenvalue weighted by atomic mass is 10.1. The molecule has 3 aromatic rings. The number of anilines is 3. The van der Waals surface area contributed by atoms with Crippen LogP contribution in [0.3, 0.4) is 0 Å². The predicted octanol–water partition coefficient (Wildman–Crippen LogP) is 2.35. The third-order valence-corrected chi connectivity index (χ3v) is 5.88. The molecule has 1 aromatic carbocycles. The van der Waals surface area contributed by atoms with Crippen LogP contribution >= 0.6 is 11.6 Å². The predicted molar refractivity (Wildman–Crippen MR) is 131 cm³/mol. The first-order chi connectivity index (χ1) is 16.0. The van der Waals surface area contributed by atoms with Crippen molar-refractivity contribution in [1.29, 1.82) is 0 Å². The Hall–Kier alpha value is -3.30. The number of rotatable bonds is 7. The number of nitrogens with zero attached hydrogens (tertiary/aromatic N) is 3. The third-order valence-electron chi connectivity index (χ3n) is 5.58. The number of hydrogen-bond donors (Lipinski definition) is 3. The number of likely N-dealkylation sites (N-methyl/N-ethyl adjacent to an activating group) is 1. The quantitative estimate of drug-likeness (QED) is 0.487. The summed E-state index contributed by atoms with van der Waals surface area (Å²) in [6.45, 7) is 5.75. The summed E-state index contributed by atoms with van der Waals surface area (Å²) >= 11 is 6.42. The van der Waals surface area contributed by atoms with Crippen LogP contribution in [0.1, 0.15) is 6.92 Å². The fraction of sp³-hybridized carbons (Fsp3) is 0.348. The van der Waals surface area contributed by atoms with Gasteiger partial charge in [-0.05, 0) is 31.2 Å². The number of halogens is 1. The Morgan fingerprint density at radius 2 is 2.03 bits per heavy atom. The van der Waals surface area contributed by atoms with Crippen LogP contribution in [-0.4, -0.2) is 55.3 Å².